The molecule has 1 fully saturated rings. The van der Waals surface area contributed by atoms with Crippen LogP contribution in [-0.2, 0) is 0 Å². The number of hydrogen-bond donors (Lipinski definition) is 1. The molecule has 0 saturated heterocycles. The summed E-state index contributed by atoms with van der Waals surface area (Å²) in [6.07, 6.45) is 8.60. The van der Waals surface area contributed by atoms with Crippen LogP contribution < -0.4 is 5.32 Å². The Labute approximate surface area is 102 Å². The molecule has 0 aromatic carbocycles. The molecule has 1 unspecified atom stereocenters. The van der Waals surface area contributed by atoms with Crippen LogP contribution >= 0.6 is 11.3 Å². The lowest BCUT2D eigenvalue weighted by molar-refractivity contribution is 0.329. The zero-order valence-corrected chi connectivity index (χ0v) is 10.9. The van der Waals surface area contributed by atoms with Crippen molar-refractivity contribution in [1.82, 2.24) is 10.3 Å². The molecule has 90 valence electrons. The van der Waals surface area contributed by atoms with E-state index in [2.05, 4.69) is 22.6 Å². The lowest BCUT2D eigenvalue weighted by Crippen LogP contribution is -2.22. The van der Waals surface area contributed by atoms with Gasteiger partial charge in [-0.1, -0.05) is 32.1 Å². The third-order valence-corrected chi connectivity index (χ3v) is 4.23. The van der Waals surface area contributed by atoms with Crippen LogP contribution in [0.4, 0.5) is 0 Å². The third-order valence-electron chi connectivity index (χ3n) is 3.62. The van der Waals surface area contributed by atoms with Crippen LogP contribution in [0.5, 0.6) is 0 Å². The SMILES string of the molecule is CC(NCCC1CCCCC1)c1cscn1. The number of nitrogens with one attached hydrogen (secondary N) is 1. The van der Waals surface area contributed by atoms with Gasteiger partial charge in [-0.15, -0.1) is 11.3 Å². The fourth-order valence-corrected chi connectivity index (χ4v) is 3.17. The lowest BCUT2D eigenvalue weighted by atomic mass is 9.87. The van der Waals surface area contributed by atoms with E-state index >= 15 is 0 Å². The molecule has 1 aliphatic carbocycles. The molecule has 2 rings (SSSR count). The van der Waals surface area contributed by atoms with Gasteiger partial charge in [0.1, 0.15) is 0 Å². The second kappa shape index (κ2) is 6.36. The van der Waals surface area contributed by atoms with Crippen LogP contribution in [0.3, 0.4) is 0 Å². The number of nitrogens with zero attached hydrogens (tertiary/aromatic N) is 1. The average Bonchev–Trinajstić information content (AvgIpc) is 2.84. The molecule has 1 aromatic heterocycles. The van der Waals surface area contributed by atoms with Crippen LogP contribution in [0.2, 0.25) is 0 Å². The molecule has 16 heavy (non-hydrogen) atoms. The van der Waals surface area contributed by atoms with Gasteiger partial charge in [0.05, 0.1) is 11.2 Å². The summed E-state index contributed by atoms with van der Waals surface area (Å²) in [5.41, 5.74) is 3.10. The largest absolute Gasteiger partial charge is 0.309 e. The zero-order chi connectivity index (χ0) is 11.2. The monoisotopic (exact) mass is 238 g/mol. The van der Waals surface area contributed by atoms with Gasteiger partial charge < -0.3 is 5.32 Å². The van der Waals surface area contributed by atoms with Gasteiger partial charge in [0.25, 0.3) is 0 Å². The molecule has 0 spiro atoms. The Morgan fingerprint density at radius 2 is 2.25 bits per heavy atom. The first-order valence-corrected chi connectivity index (χ1v) is 7.42. The maximum absolute atomic E-state index is 4.34. The Bertz CT molecular complexity index is 278. The molecule has 3 heteroatoms. The summed E-state index contributed by atoms with van der Waals surface area (Å²) in [6, 6.07) is 0.412. The highest BCUT2D eigenvalue weighted by atomic mass is 32.1. The van der Waals surface area contributed by atoms with E-state index in [4.69, 9.17) is 0 Å². The van der Waals surface area contributed by atoms with E-state index in [1.54, 1.807) is 11.3 Å². The van der Waals surface area contributed by atoms with E-state index in [0.29, 0.717) is 6.04 Å². The van der Waals surface area contributed by atoms with Gasteiger partial charge in [0, 0.05) is 11.4 Å². The van der Waals surface area contributed by atoms with Gasteiger partial charge in [0.15, 0.2) is 0 Å². The predicted octanol–water partition coefficient (Wildman–Crippen LogP) is 3.76. The first-order chi connectivity index (χ1) is 7.86. The molecule has 0 amide bonds. The van der Waals surface area contributed by atoms with Crippen molar-refractivity contribution in [1.29, 1.82) is 0 Å². The quantitative estimate of drug-likeness (QED) is 0.844. The molecule has 1 aromatic rings. The Kier molecular flexibility index (Phi) is 4.79. The van der Waals surface area contributed by atoms with Crippen LogP contribution in [0, 0.1) is 5.92 Å². The summed E-state index contributed by atoms with van der Waals surface area (Å²) in [7, 11) is 0. The van der Waals surface area contributed by atoms with Crippen molar-refractivity contribution in [2.24, 2.45) is 5.92 Å². The van der Waals surface area contributed by atoms with Crippen LogP contribution in [0.1, 0.15) is 57.2 Å². The molecule has 1 aliphatic rings. The molecular weight excluding hydrogens is 216 g/mol. The second-order valence-corrected chi connectivity index (χ2v) is 5.60. The predicted molar refractivity (Wildman–Crippen MR) is 69.7 cm³/mol. The zero-order valence-electron chi connectivity index (χ0n) is 10.1. The van der Waals surface area contributed by atoms with E-state index in [-0.39, 0.29) is 0 Å². The van der Waals surface area contributed by atoms with E-state index in [9.17, 15) is 0 Å². The number of thiazole rings is 1. The number of aromatic nitrogens is 1. The normalized spacial score (nSPS) is 19.8. The lowest BCUT2D eigenvalue weighted by Gasteiger charge is -2.22. The molecule has 0 aliphatic heterocycles. The first-order valence-electron chi connectivity index (χ1n) is 6.47. The summed E-state index contributed by atoms with van der Waals surface area (Å²) in [5.74, 6) is 0.976. The smallest absolute Gasteiger partial charge is 0.0795 e. The Morgan fingerprint density at radius 3 is 2.94 bits per heavy atom. The van der Waals surface area contributed by atoms with Crippen molar-refractivity contribution in [3.63, 3.8) is 0 Å². The van der Waals surface area contributed by atoms with Crippen molar-refractivity contribution in [2.75, 3.05) is 6.54 Å². The van der Waals surface area contributed by atoms with Gasteiger partial charge in [-0.3, -0.25) is 0 Å². The summed E-state index contributed by atoms with van der Waals surface area (Å²) in [6.45, 7) is 3.35. The van der Waals surface area contributed by atoms with Crippen molar-refractivity contribution in [2.45, 2.75) is 51.5 Å². The van der Waals surface area contributed by atoms with Crippen molar-refractivity contribution >= 4 is 11.3 Å². The summed E-state index contributed by atoms with van der Waals surface area (Å²) in [4.78, 5) is 4.34. The highest BCUT2D eigenvalue weighted by Gasteiger charge is 2.13. The molecular formula is C13H22N2S. The van der Waals surface area contributed by atoms with Crippen molar-refractivity contribution in [3.8, 4) is 0 Å². The summed E-state index contributed by atoms with van der Waals surface area (Å²) in [5, 5.41) is 5.71. The third kappa shape index (κ3) is 3.56. The van der Waals surface area contributed by atoms with E-state index in [0.717, 1.165) is 12.5 Å². The minimum atomic E-state index is 0.412. The maximum atomic E-state index is 4.34. The minimum absolute atomic E-state index is 0.412. The van der Waals surface area contributed by atoms with E-state index < -0.39 is 0 Å². The first kappa shape index (κ1) is 12.1. The summed E-state index contributed by atoms with van der Waals surface area (Å²) < 4.78 is 0. The fraction of sp³-hybridized carbons (Fsp3) is 0.769. The highest BCUT2D eigenvalue weighted by Crippen LogP contribution is 2.26. The Hall–Kier alpha value is -0.410. The molecule has 2 nitrogen and oxygen atoms in total. The number of hydrogen-bond acceptors (Lipinski definition) is 3. The highest BCUT2D eigenvalue weighted by molar-refractivity contribution is 7.07. The Morgan fingerprint density at radius 1 is 1.44 bits per heavy atom. The second-order valence-electron chi connectivity index (χ2n) is 4.88. The molecule has 1 saturated carbocycles. The molecule has 0 radical (unpaired) electrons. The van der Waals surface area contributed by atoms with Crippen LogP contribution in [-0.4, -0.2) is 11.5 Å². The van der Waals surface area contributed by atoms with Crippen LogP contribution in [0.25, 0.3) is 0 Å². The topological polar surface area (TPSA) is 24.9 Å². The molecule has 1 heterocycles. The number of rotatable bonds is 5. The maximum Gasteiger partial charge on any atom is 0.0795 e. The van der Waals surface area contributed by atoms with Crippen LogP contribution in [0.15, 0.2) is 10.9 Å². The van der Waals surface area contributed by atoms with Crippen molar-refractivity contribution in [3.05, 3.63) is 16.6 Å². The van der Waals surface area contributed by atoms with Gasteiger partial charge in [-0.05, 0) is 25.8 Å². The van der Waals surface area contributed by atoms with Gasteiger partial charge in [0.2, 0.25) is 0 Å². The van der Waals surface area contributed by atoms with Gasteiger partial charge in [-0.25, -0.2) is 4.98 Å². The van der Waals surface area contributed by atoms with Crippen molar-refractivity contribution < 1.29 is 0 Å². The molecule has 0 bridgehead atoms. The molecule has 1 atom stereocenters. The molecule has 1 N–H and O–H groups in total. The fourth-order valence-electron chi connectivity index (χ4n) is 2.52. The minimum Gasteiger partial charge on any atom is -0.309 e. The van der Waals surface area contributed by atoms with E-state index in [1.807, 2.05) is 5.51 Å². The standard InChI is InChI=1S/C13H22N2S/c1-11(13-9-16-10-15-13)14-8-7-12-5-3-2-4-6-12/h9-12,14H,2-8H2,1H3. The summed E-state index contributed by atoms with van der Waals surface area (Å²) >= 11 is 1.68. The Balaban J connectivity index is 1.63. The van der Waals surface area contributed by atoms with Gasteiger partial charge in [-0.2, -0.15) is 0 Å². The van der Waals surface area contributed by atoms with Gasteiger partial charge >= 0.3 is 0 Å². The van der Waals surface area contributed by atoms with E-state index in [1.165, 1.54) is 44.2 Å². The average molecular weight is 238 g/mol.